The molecule has 2 heterocycles. The van der Waals surface area contributed by atoms with E-state index in [4.69, 9.17) is 5.73 Å². The lowest BCUT2D eigenvalue weighted by molar-refractivity contribution is 0.0621. The third kappa shape index (κ3) is 2.31. The maximum atomic E-state index is 12.4. The van der Waals surface area contributed by atoms with Crippen LogP contribution in [-0.2, 0) is 7.05 Å². The molecular weight excluding hydrogens is 230 g/mol. The first-order valence-corrected chi connectivity index (χ1v) is 6.32. The molecule has 0 spiro atoms. The first kappa shape index (κ1) is 12.8. The van der Waals surface area contributed by atoms with Crippen LogP contribution in [0.2, 0.25) is 0 Å². The summed E-state index contributed by atoms with van der Waals surface area (Å²) < 4.78 is 1.43. The van der Waals surface area contributed by atoms with E-state index in [1.165, 1.54) is 4.57 Å². The molecule has 1 saturated heterocycles. The second-order valence-corrected chi connectivity index (χ2v) is 4.72. The van der Waals surface area contributed by atoms with Crippen molar-refractivity contribution in [1.29, 1.82) is 0 Å². The van der Waals surface area contributed by atoms with Crippen LogP contribution in [0, 0.1) is 0 Å². The van der Waals surface area contributed by atoms with Crippen LogP contribution in [0.15, 0.2) is 23.1 Å². The summed E-state index contributed by atoms with van der Waals surface area (Å²) in [6.45, 7) is 1.15. The molecule has 1 atom stereocenters. The highest BCUT2D eigenvalue weighted by molar-refractivity contribution is 5.94. The number of nitrogens with zero attached hydrogens (tertiary/aromatic N) is 2. The van der Waals surface area contributed by atoms with Gasteiger partial charge in [-0.25, -0.2) is 0 Å². The Bertz CT molecular complexity index is 495. The normalized spacial score (nSPS) is 19.9. The van der Waals surface area contributed by atoms with E-state index < -0.39 is 0 Å². The molecule has 0 bridgehead atoms. The third-order valence-electron chi connectivity index (χ3n) is 3.51. The first-order valence-electron chi connectivity index (χ1n) is 6.32. The van der Waals surface area contributed by atoms with Crippen molar-refractivity contribution in [3.8, 4) is 0 Å². The van der Waals surface area contributed by atoms with Gasteiger partial charge in [0.25, 0.3) is 11.5 Å². The molecule has 0 unspecified atom stereocenters. The van der Waals surface area contributed by atoms with Crippen LogP contribution in [0.4, 0.5) is 0 Å². The quantitative estimate of drug-likeness (QED) is 0.821. The molecule has 2 rings (SSSR count). The zero-order valence-electron chi connectivity index (χ0n) is 10.6. The Balaban J connectivity index is 2.30. The molecular formula is C13H19N3O2. The van der Waals surface area contributed by atoms with Gasteiger partial charge in [0.2, 0.25) is 0 Å². The molecule has 1 aliphatic heterocycles. The zero-order chi connectivity index (χ0) is 13.1. The standard InChI is InChI=1S/C13H19N3O2/c1-15-7-4-6-11(12(15)17)13(18)16-8-3-2-5-10(16)9-14/h4,6-7,10H,2-3,5,8-9,14H2,1H3/t10-/m0/s1. The average Bonchev–Trinajstić information content (AvgIpc) is 2.41. The molecule has 0 aliphatic carbocycles. The number of aryl methyl sites for hydroxylation is 1. The van der Waals surface area contributed by atoms with Crippen molar-refractivity contribution in [3.05, 3.63) is 34.2 Å². The Hall–Kier alpha value is -1.62. The summed E-state index contributed by atoms with van der Waals surface area (Å²) in [6, 6.07) is 3.37. The lowest BCUT2D eigenvalue weighted by Crippen LogP contribution is -2.48. The predicted molar refractivity (Wildman–Crippen MR) is 69.4 cm³/mol. The average molecular weight is 249 g/mol. The van der Waals surface area contributed by atoms with Gasteiger partial charge in [0, 0.05) is 32.4 Å². The SMILES string of the molecule is Cn1cccc(C(=O)N2CCCC[C@H]2CN)c1=O. The molecule has 98 valence electrons. The maximum Gasteiger partial charge on any atom is 0.263 e. The van der Waals surface area contributed by atoms with Crippen LogP contribution in [0.1, 0.15) is 29.6 Å². The van der Waals surface area contributed by atoms with Gasteiger partial charge >= 0.3 is 0 Å². The Morgan fingerprint density at radius 1 is 1.50 bits per heavy atom. The van der Waals surface area contributed by atoms with E-state index >= 15 is 0 Å². The summed E-state index contributed by atoms with van der Waals surface area (Å²) >= 11 is 0. The minimum Gasteiger partial charge on any atom is -0.334 e. The summed E-state index contributed by atoms with van der Waals surface area (Å²) in [7, 11) is 1.65. The number of pyridine rings is 1. The van der Waals surface area contributed by atoms with Gasteiger partial charge in [-0.2, -0.15) is 0 Å². The van der Waals surface area contributed by atoms with Gasteiger partial charge in [0.05, 0.1) is 0 Å². The highest BCUT2D eigenvalue weighted by Gasteiger charge is 2.27. The van der Waals surface area contributed by atoms with E-state index in [9.17, 15) is 9.59 Å². The monoisotopic (exact) mass is 249 g/mol. The van der Waals surface area contributed by atoms with Crippen molar-refractivity contribution < 1.29 is 4.79 Å². The zero-order valence-corrected chi connectivity index (χ0v) is 10.6. The van der Waals surface area contributed by atoms with Gasteiger partial charge < -0.3 is 15.2 Å². The van der Waals surface area contributed by atoms with Crippen molar-refractivity contribution in [2.45, 2.75) is 25.3 Å². The van der Waals surface area contributed by atoms with Crippen LogP contribution < -0.4 is 11.3 Å². The van der Waals surface area contributed by atoms with E-state index in [0.29, 0.717) is 13.1 Å². The molecule has 0 radical (unpaired) electrons. The van der Waals surface area contributed by atoms with Crippen molar-refractivity contribution in [3.63, 3.8) is 0 Å². The number of hydrogen-bond donors (Lipinski definition) is 1. The number of amides is 1. The van der Waals surface area contributed by atoms with E-state index in [2.05, 4.69) is 0 Å². The molecule has 5 nitrogen and oxygen atoms in total. The van der Waals surface area contributed by atoms with Crippen molar-refractivity contribution in [2.75, 3.05) is 13.1 Å². The van der Waals surface area contributed by atoms with Gasteiger partial charge in [-0.3, -0.25) is 9.59 Å². The molecule has 5 heteroatoms. The van der Waals surface area contributed by atoms with Crippen LogP contribution in [-0.4, -0.2) is 34.5 Å². The fraction of sp³-hybridized carbons (Fsp3) is 0.538. The molecule has 18 heavy (non-hydrogen) atoms. The fourth-order valence-corrected chi connectivity index (χ4v) is 2.43. The lowest BCUT2D eigenvalue weighted by Gasteiger charge is -2.34. The predicted octanol–water partition coefficient (Wildman–Crippen LogP) is 0.339. The van der Waals surface area contributed by atoms with E-state index in [0.717, 1.165) is 19.3 Å². The van der Waals surface area contributed by atoms with Crippen molar-refractivity contribution >= 4 is 5.91 Å². The van der Waals surface area contributed by atoms with Crippen LogP contribution in [0.3, 0.4) is 0 Å². The molecule has 1 aromatic heterocycles. The van der Waals surface area contributed by atoms with Gasteiger partial charge in [-0.15, -0.1) is 0 Å². The smallest absolute Gasteiger partial charge is 0.263 e. The minimum atomic E-state index is -0.246. The van der Waals surface area contributed by atoms with Gasteiger partial charge in [-0.05, 0) is 31.4 Å². The number of likely N-dealkylation sites (tertiary alicyclic amines) is 1. The lowest BCUT2D eigenvalue weighted by atomic mass is 10.0. The molecule has 2 N–H and O–H groups in total. The van der Waals surface area contributed by atoms with Crippen LogP contribution >= 0.6 is 0 Å². The van der Waals surface area contributed by atoms with E-state index in [-0.39, 0.29) is 23.1 Å². The summed E-state index contributed by atoms with van der Waals surface area (Å²) in [5.74, 6) is -0.189. The molecule has 1 aromatic rings. The molecule has 0 aromatic carbocycles. The fourth-order valence-electron chi connectivity index (χ4n) is 2.43. The number of aromatic nitrogens is 1. The Morgan fingerprint density at radius 2 is 2.28 bits per heavy atom. The summed E-state index contributed by atoms with van der Waals surface area (Å²) in [5.41, 5.74) is 5.69. The van der Waals surface area contributed by atoms with E-state index in [1.54, 1.807) is 30.3 Å². The molecule has 1 aliphatic rings. The Morgan fingerprint density at radius 3 is 3.00 bits per heavy atom. The topological polar surface area (TPSA) is 68.3 Å². The molecule has 1 fully saturated rings. The van der Waals surface area contributed by atoms with Crippen LogP contribution in [0.25, 0.3) is 0 Å². The number of carbonyl (C=O) groups is 1. The minimum absolute atomic E-state index is 0.0659. The number of carbonyl (C=O) groups excluding carboxylic acids is 1. The second-order valence-electron chi connectivity index (χ2n) is 4.72. The summed E-state index contributed by atoms with van der Waals surface area (Å²) in [4.78, 5) is 26.1. The summed E-state index contributed by atoms with van der Waals surface area (Å²) in [6.07, 6.45) is 4.65. The largest absolute Gasteiger partial charge is 0.334 e. The highest BCUT2D eigenvalue weighted by Crippen LogP contribution is 2.17. The van der Waals surface area contributed by atoms with Gasteiger partial charge in [0.1, 0.15) is 5.56 Å². The second kappa shape index (κ2) is 5.35. The maximum absolute atomic E-state index is 12.4. The van der Waals surface area contributed by atoms with Gasteiger partial charge in [-0.1, -0.05) is 0 Å². The van der Waals surface area contributed by atoms with Gasteiger partial charge in [0.15, 0.2) is 0 Å². The summed E-state index contributed by atoms with van der Waals surface area (Å²) in [5, 5.41) is 0. The number of rotatable bonds is 2. The van der Waals surface area contributed by atoms with Crippen LogP contribution in [0.5, 0.6) is 0 Å². The third-order valence-corrected chi connectivity index (χ3v) is 3.51. The van der Waals surface area contributed by atoms with Crippen molar-refractivity contribution in [2.24, 2.45) is 12.8 Å². The number of piperidine rings is 1. The first-order chi connectivity index (χ1) is 8.65. The molecule has 1 amide bonds. The number of hydrogen-bond acceptors (Lipinski definition) is 3. The molecule has 0 saturated carbocycles. The Labute approximate surface area is 106 Å². The Kier molecular flexibility index (Phi) is 3.81. The van der Waals surface area contributed by atoms with Crippen molar-refractivity contribution in [1.82, 2.24) is 9.47 Å². The van der Waals surface area contributed by atoms with E-state index in [1.807, 2.05) is 0 Å². The number of nitrogens with two attached hydrogens (primary N) is 1. The highest BCUT2D eigenvalue weighted by atomic mass is 16.2.